The van der Waals surface area contributed by atoms with Crippen LogP contribution in [0, 0.1) is 5.92 Å². The zero-order valence-corrected chi connectivity index (χ0v) is 12.3. The van der Waals surface area contributed by atoms with Crippen molar-refractivity contribution in [3.8, 4) is 0 Å². The van der Waals surface area contributed by atoms with Crippen molar-refractivity contribution in [2.75, 3.05) is 0 Å². The molecule has 1 aromatic heterocycles. The molecule has 2 aliphatic rings. The van der Waals surface area contributed by atoms with Gasteiger partial charge in [-0.05, 0) is 38.0 Å². The van der Waals surface area contributed by atoms with Gasteiger partial charge in [0.25, 0.3) is 0 Å². The van der Waals surface area contributed by atoms with Crippen LogP contribution in [-0.2, 0) is 6.54 Å². The highest BCUT2D eigenvalue weighted by molar-refractivity contribution is 5.99. The Kier molecular flexibility index (Phi) is 4.20. The minimum atomic E-state index is 0.00799. The van der Waals surface area contributed by atoms with E-state index in [0.717, 1.165) is 30.9 Å². The Labute approximate surface area is 120 Å². The van der Waals surface area contributed by atoms with Crippen LogP contribution >= 0.6 is 0 Å². The lowest BCUT2D eigenvalue weighted by molar-refractivity contribution is 0.0861. The van der Waals surface area contributed by atoms with E-state index in [-0.39, 0.29) is 11.8 Å². The molecule has 3 unspecified atom stereocenters. The normalized spacial score (nSPS) is 29.9. The lowest BCUT2D eigenvalue weighted by atomic mass is 9.77. The summed E-state index contributed by atoms with van der Waals surface area (Å²) in [4.78, 5) is 12.6. The summed E-state index contributed by atoms with van der Waals surface area (Å²) in [6, 6.07) is 0.575. The highest BCUT2D eigenvalue weighted by atomic mass is 16.1. The second kappa shape index (κ2) is 6.08. The summed E-state index contributed by atoms with van der Waals surface area (Å²) in [5.41, 5.74) is 0.769. The number of aromatic nitrogens is 2. The van der Waals surface area contributed by atoms with Crippen molar-refractivity contribution >= 4 is 5.78 Å². The first-order chi connectivity index (χ1) is 9.78. The second-order valence-electron chi connectivity index (χ2n) is 6.30. The molecule has 20 heavy (non-hydrogen) atoms. The van der Waals surface area contributed by atoms with Crippen LogP contribution in [0.4, 0.5) is 0 Å². The van der Waals surface area contributed by atoms with E-state index in [2.05, 4.69) is 17.3 Å². The van der Waals surface area contributed by atoms with Crippen LogP contribution in [0.1, 0.15) is 62.2 Å². The summed E-state index contributed by atoms with van der Waals surface area (Å²) in [5, 5.41) is 7.88. The Hall–Kier alpha value is -1.16. The van der Waals surface area contributed by atoms with Crippen molar-refractivity contribution in [2.45, 2.75) is 70.5 Å². The van der Waals surface area contributed by atoms with Gasteiger partial charge in [-0.1, -0.05) is 19.8 Å². The molecule has 4 heteroatoms. The summed E-state index contributed by atoms with van der Waals surface area (Å²) in [6.45, 7) is 3.01. The van der Waals surface area contributed by atoms with E-state index >= 15 is 0 Å². The fraction of sp³-hybridized carbons (Fsp3) is 0.750. The molecule has 0 spiro atoms. The number of hydrogen-bond donors (Lipinski definition) is 1. The highest BCUT2D eigenvalue weighted by Crippen LogP contribution is 2.32. The molecule has 3 rings (SSSR count). The van der Waals surface area contributed by atoms with Gasteiger partial charge in [0, 0.05) is 18.8 Å². The van der Waals surface area contributed by atoms with Gasteiger partial charge in [-0.2, -0.15) is 5.10 Å². The smallest absolute Gasteiger partial charge is 0.182 e. The fourth-order valence-corrected chi connectivity index (χ4v) is 3.75. The number of fused-ring (bicyclic) bond motifs is 1. The van der Waals surface area contributed by atoms with Crippen LogP contribution in [0.15, 0.2) is 12.4 Å². The Morgan fingerprint density at radius 3 is 3.05 bits per heavy atom. The van der Waals surface area contributed by atoms with Gasteiger partial charge in [0.15, 0.2) is 5.78 Å². The van der Waals surface area contributed by atoms with Crippen LogP contribution < -0.4 is 5.32 Å². The molecule has 1 aliphatic heterocycles. The largest absolute Gasteiger partial charge is 0.304 e. The predicted octanol–water partition coefficient (Wildman–Crippen LogP) is 2.79. The monoisotopic (exact) mass is 275 g/mol. The third-order valence-electron chi connectivity index (χ3n) is 4.84. The molecule has 3 atom stereocenters. The average Bonchev–Trinajstić information content (AvgIpc) is 2.95. The number of aryl methyl sites for hydroxylation is 1. The summed E-state index contributed by atoms with van der Waals surface area (Å²) in [7, 11) is 0. The first-order valence-electron chi connectivity index (χ1n) is 8.10. The van der Waals surface area contributed by atoms with Crippen molar-refractivity contribution in [1.82, 2.24) is 15.1 Å². The van der Waals surface area contributed by atoms with Crippen LogP contribution in [0.25, 0.3) is 0 Å². The van der Waals surface area contributed by atoms with Crippen molar-refractivity contribution in [3.05, 3.63) is 18.0 Å². The minimum Gasteiger partial charge on any atom is -0.304 e. The van der Waals surface area contributed by atoms with Crippen molar-refractivity contribution in [2.24, 2.45) is 5.92 Å². The zero-order valence-electron chi connectivity index (χ0n) is 12.3. The molecule has 4 nitrogen and oxygen atoms in total. The Balaban J connectivity index is 1.64. The van der Waals surface area contributed by atoms with Gasteiger partial charge < -0.3 is 5.32 Å². The minimum absolute atomic E-state index is 0.00799. The number of carbonyl (C=O) groups excluding carboxylic acids is 1. The highest BCUT2D eigenvalue weighted by Gasteiger charge is 2.34. The van der Waals surface area contributed by atoms with E-state index in [0.29, 0.717) is 6.04 Å². The maximum absolute atomic E-state index is 12.6. The number of ketones is 1. The summed E-state index contributed by atoms with van der Waals surface area (Å²) < 4.78 is 1.87. The number of nitrogens with one attached hydrogen (secondary N) is 1. The fourth-order valence-electron chi connectivity index (χ4n) is 3.75. The molecule has 0 radical (unpaired) electrons. The lowest BCUT2D eigenvalue weighted by Gasteiger charge is -2.39. The van der Waals surface area contributed by atoms with Crippen molar-refractivity contribution < 1.29 is 4.79 Å². The van der Waals surface area contributed by atoms with Crippen LogP contribution in [0.2, 0.25) is 0 Å². The maximum Gasteiger partial charge on any atom is 0.182 e. The van der Waals surface area contributed by atoms with Crippen molar-refractivity contribution in [1.29, 1.82) is 0 Å². The molecule has 0 aromatic carbocycles. The summed E-state index contributed by atoms with van der Waals surface area (Å²) >= 11 is 0. The van der Waals surface area contributed by atoms with Gasteiger partial charge in [-0.15, -0.1) is 0 Å². The molecule has 0 amide bonds. The molecule has 1 N–H and O–H groups in total. The number of nitrogens with zero attached hydrogens (tertiary/aromatic N) is 2. The molecule has 1 aromatic rings. The van der Waals surface area contributed by atoms with E-state index in [9.17, 15) is 4.79 Å². The number of carbonyl (C=O) groups is 1. The molecule has 2 fully saturated rings. The molecule has 1 saturated heterocycles. The first kappa shape index (κ1) is 13.8. The lowest BCUT2D eigenvalue weighted by Crippen LogP contribution is -2.52. The second-order valence-corrected chi connectivity index (χ2v) is 6.30. The predicted molar refractivity (Wildman–Crippen MR) is 78.8 cm³/mol. The SMILES string of the molecule is CCCn1cc(C(=O)C2CCC3CCCCC3N2)cn1. The van der Waals surface area contributed by atoms with Gasteiger partial charge >= 0.3 is 0 Å². The summed E-state index contributed by atoms with van der Waals surface area (Å²) in [6.07, 6.45) is 12.1. The number of piperidine rings is 1. The van der Waals surface area contributed by atoms with Gasteiger partial charge in [-0.25, -0.2) is 0 Å². The van der Waals surface area contributed by atoms with Crippen LogP contribution in [0.3, 0.4) is 0 Å². The molecule has 0 bridgehead atoms. The van der Waals surface area contributed by atoms with E-state index in [1.54, 1.807) is 6.20 Å². The summed E-state index contributed by atoms with van der Waals surface area (Å²) in [5.74, 6) is 1.03. The van der Waals surface area contributed by atoms with Gasteiger partial charge in [0.1, 0.15) is 0 Å². The molecule has 1 saturated carbocycles. The Bertz CT molecular complexity index is 468. The zero-order chi connectivity index (χ0) is 13.9. The van der Waals surface area contributed by atoms with Crippen molar-refractivity contribution in [3.63, 3.8) is 0 Å². The van der Waals surface area contributed by atoms with Gasteiger partial charge in [-0.3, -0.25) is 9.48 Å². The third-order valence-corrected chi connectivity index (χ3v) is 4.84. The van der Waals surface area contributed by atoms with Gasteiger partial charge in [0.2, 0.25) is 0 Å². The average molecular weight is 275 g/mol. The van der Waals surface area contributed by atoms with Crippen LogP contribution in [0.5, 0.6) is 0 Å². The molecule has 2 heterocycles. The van der Waals surface area contributed by atoms with E-state index in [4.69, 9.17) is 0 Å². The maximum atomic E-state index is 12.6. The number of rotatable bonds is 4. The molecule has 1 aliphatic carbocycles. The number of hydrogen-bond acceptors (Lipinski definition) is 3. The number of Topliss-reactive ketones (excluding diaryl/α,β-unsaturated/α-hetero) is 1. The Morgan fingerprint density at radius 2 is 2.20 bits per heavy atom. The topological polar surface area (TPSA) is 46.9 Å². The van der Waals surface area contributed by atoms with Gasteiger partial charge in [0.05, 0.1) is 17.8 Å². The molecule has 110 valence electrons. The quantitative estimate of drug-likeness (QED) is 0.860. The van der Waals surface area contributed by atoms with Crippen LogP contribution in [-0.4, -0.2) is 27.6 Å². The third kappa shape index (κ3) is 2.80. The standard InChI is InChI=1S/C16H25N3O/c1-2-9-19-11-13(10-17-19)16(20)15-8-7-12-5-3-4-6-14(12)18-15/h10-12,14-15,18H,2-9H2,1H3. The molecular formula is C16H25N3O. The van der Waals surface area contributed by atoms with E-state index < -0.39 is 0 Å². The first-order valence-corrected chi connectivity index (χ1v) is 8.10. The Morgan fingerprint density at radius 1 is 1.35 bits per heavy atom. The van der Waals surface area contributed by atoms with E-state index in [1.165, 1.54) is 32.1 Å². The molecular weight excluding hydrogens is 250 g/mol. The van der Waals surface area contributed by atoms with E-state index in [1.807, 2.05) is 10.9 Å².